The molecule has 0 radical (unpaired) electrons. The molecule has 1 fully saturated rings. The van der Waals surface area contributed by atoms with Crippen LogP contribution in [0.5, 0.6) is 11.5 Å². The maximum absolute atomic E-state index is 12.0. The highest BCUT2D eigenvalue weighted by atomic mass is 16.6. The Kier molecular flexibility index (Phi) is 6.76. The summed E-state index contributed by atoms with van der Waals surface area (Å²) >= 11 is 0. The summed E-state index contributed by atoms with van der Waals surface area (Å²) in [6.45, 7) is 5.89. The van der Waals surface area contributed by atoms with Crippen molar-refractivity contribution in [2.24, 2.45) is 16.6 Å². The molecular weight excluding hydrogens is 348 g/mol. The van der Waals surface area contributed by atoms with E-state index in [1.165, 1.54) is 0 Å². The van der Waals surface area contributed by atoms with Crippen molar-refractivity contribution in [3.05, 3.63) is 18.2 Å². The second kappa shape index (κ2) is 8.83. The molecule has 0 aliphatic heterocycles. The van der Waals surface area contributed by atoms with E-state index in [0.717, 1.165) is 18.5 Å². The standard InChI is InChI=1S/C19H30N4O4/c1-19(2,3)27-18(24)23-14(12-6-7-12)11-21-17(20)22-13-8-9-15(25-4)16(10-13)26-5/h8-10,12,14H,6-7,11H2,1-5H3,(H,23,24)(H3,20,21,22). The van der Waals surface area contributed by atoms with Crippen LogP contribution in [0.2, 0.25) is 0 Å². The quantitative estimate of drug-likeness (QED) is 0.497. The number of alkyl carbamates (subject to hydrolysis) is 1. The number of anilines is 1. The molecule has 1 unspecified atom stereocenters. The van der Waals surface area contributed by atoms with Gasteiger partial charge in [0.25, 0.3) is 0 Å². The number of aliphatic imine (C=N–C) groups is 1. The van der Waals surface area contributed by atoms with Gasteiger partial charge in [-0.25, -0.2) is 4.79 Å². The van der Waals surface area contributed by atoms with Crippen LogP contribution in [-0.4, -0.2) is 44.5 Å². The smallest absolute Gasteiger partial charge is 0.407 e. The zero-order chi connectivity index (χ0) is 20.0. The number of nitrogens with two attached hydrogens (primary N) is 1. The van der Waals surface area contributed by atoms with Gasteiger partial charge in [-0.3, -0.25) is 4.99 Å². The minimum Gasteiger partial charge on any atom is -0.493 e. The average Bonchev–Trinajstić information content (AvgIpc) is 3.41. The predicted molar refractivity (Wildman–Crippen MR) is 106 cm³/mol. The van der Waals surface area contributed by atoms with Gasteiger partial charge in [-0.05, 0) is 51.7 Å². The molecule has 0 saturated heterocycles. The zero-order valence-corrected chi connectivity index (χ0v) is 16.7. The van der Waals surface area contributed by atoms with Gasteiger partial charge in [-0.15, -0.1) is 0 Å². The van der Waals surface area contributed by atoms with E-state index in [-0.39, 0.29) is 12.0 Å². The molecule has 1 aromatic carbocycles. The van der Waals surface area contributed by atoms with Crippen molar-refractivity contribution in [1.29, 1.82) is 0 Å². The van der Waals surface area contributed by atoms with Gasteiger partial charge in [-0.2, -0.15) is 0 Å². The fourth-order valence-electron chi connectivity index (χ4n) is 2.57. The van der Waals surface area contributed by atoms with Crippen LogP contribution >= 0.6 is 0 Å². The fourth-order valence-corrected chi connectivity index (χ4v) is 2.57. The molecule has 1 aliphatic carbocycles. The molecule has 0 aromatic heterocycles. The van der Waals surface area contributed by atoms with E-state index in [2.05, 4.69) is 15.6 Å². The first-order chi connectivity index (χ1) is 12.7. The molecule has 0 bridgehead atoms. The maximum Gasteiger partial charge on any atom is 0.407 e. The average molecular weight is 378 g/mol. The second-order valence-corrected chi connectivity index (χ2v) is 7.51. The number of nitrogens with zero attached hydrogens (tertiary/aromatic N) is 1. The van der Waals surface area contributed by atoms with Gasteiger partial charge in [0.2, 0.25) is 0 Å². The third-order valence-corrected chi connectivity index (χ3v) is 4.01. The molecule has 8 heteroatoms. The van der Waals surface area contributed by atoms with Crippen LogP contribution in [0.4, 0.5) is 10.5 Å². The molecule has 8 nitrogen and oxygen atoms in total. The van der Waals surface area contributed by atoms with Crippen LogP contribution in [0.3, 0.4) is 0 Å². The zero-order valence-electron chi connectivity index (χ0n) is 16.7. The molecule has 1 aromatic rings. The van der Waals surface area contributed by atoms with E-state index in [0.29, 0.717) is 24.0 Å². The summed E-state index contributed by atoms with van der Waals surface area (Å²) in [7, 11) is 3.15. The third kappa shape index (κ3) is 6.88. The molecule has 27 heavy (non-hydrogen) atoms. The lowest BCUT2D eigenvalue weighted by Crippen LogP contribution is -2.42. The summed E-state index contributed by atoms with van der Waals surface area (Å²) in [5.74, 6) is 1.90. The van der Waals surface area contributed by atoms with Crippen molar-refractivity contribution in [2.75, 3.05) is 26.1 Å². The minimum atomic E-state index is -0.532. The van der Waals surface area contributed by atoms with Gasteiger partial charge in [0.05, 0.1) is 26.8 Å². The van der Waals surface area contributed by atoms with Gasteiger partial charge in [0, 0.05) is 11.8 Å². The molecule has 4 N–H and O–H groups in total. The van der Waals surface area contributed by atoms with Gasteiger partial charge < -0.3 is 30.6 Å². The summed E-state index contributed by atoms with van der Waals surface area (Å²) in [6.07, 6.45) is 1.71. The molecule has 1 saturated carbocycles. The second-order valence-electron chi connectivity index (χ2n) is 7.51. The Hall–Kier alpha value is -2.64. The summed E-state index contributed by atoms with van der Waals surface area (Å²) in [4.78, 5) is 16.4. The number of rotatable bonds is 7. The Balaban J connectivity index is 1.95. The predicted octanol–water partition coefficient (Wildman–Crippen LogP) is 2.73. The van der Waals surface area contributed by atoms with Crippen LogP contribution in [0.25, 0.3) is 0 Å². The van der Waals surface area contributed by atoms with Crippen molar-refractivity contribution < 1.29 is 19.0 Å². The fraction of sp³-hybridized carbons (Fsp3) is 0.579. The first kappa shape index (κ1) is 20.7. The number of amides is 1. The molecular formula is C19H30N4O4. The Labute approximate surface area is 160 Å². The monoisotopic (exact) mass is 378 g/mol. The summed E-state index contributed by atoms with van der Waals surface area (Å²) in [5, 5.41) is 5.92. The lowest BCUT2D eigenvalue weighted by molar-refractivity contribution is 0.0500. The lowest BCUT2D eigenvalue weighted by Gasteiger charge is -2.23. The highest BCUT2D eigenvalue weighted by Crippen LogP contribution is 2.33. The highest BCUT2D eigenvalue weighted by Gasteiger charge is 2.33. The van der Waals surface area contributed by atoms with E-state index in [1.807, 2.05) is 26.8 Å². The topological polar surface area (TPSA) is 107 Å². The van der Waals surface area contributed by atoms with Gasteiger partial charge in [0.1, 0.15) is 5.60 Å². The summed E-state index contributed by atoms with van der Waals surface area (Å²) < 4.78 is 15.8. The van der Waals surface area contributed by atoms with E-state index in [1.54, 1.807) is 26.4 Å². The van der Waals surface area contributed by atoms with Crippen LogP contribution in [0.15, 0.2) is 23.2 Å². The number of carbonyl (C=O) groups excluding carboxylic acids is 1. The van der Waals surface area contributed by atoms with Crippen molar-refractivity contribution >= 4 is 17.7 Å². The minimum absolute atomic E-state index is 0.0920. The largest absolute Gasteiger partial charge is 0.493 e. The first-order valence-corrected chi connectivity index (χ1v) is 9.00. The lowest BCUT2D eigenvalue weighted by atomic mass is 10.2. The number of methoxy groups -OCH3 is 2. The summed E-state index contributed by atoms with van der Waals surface area (Å²) in [6, 6.07) is 5.29. The molecule has 1 amide bonds. The number of guanidine groups is 1. The molecule has 1 atom stereocenters. The normalized spacial score (nSPS) is 15.7. The number of benzene rings is 1. The molecule has 0 heterocycles. The van der Waals surface area contributed by atoms with E-state index in [4.69, 9.17) is 19.9 Å². The van der Waals surface area contributed by atoms with E-state index >= 15 is 0 Å². The number of hydrogen-bond acceptors (Lipinski definition) is 5. The van der Waals surface area contributed by atoms with Crippen molar-refractivity contribution in [2.45, 2.75) is 45.3 Å². The van der Waals surface area contributed by atoms with Crippen LogP contribution < -0.4 is 25.8 Å². The number of hydrogen-bond donors (Lipinski definition) is 3. The first-order valence-electron chi connectivity index (χ1n) is 9.00. The Morgan fingerprint density at radius 1 is 1.26 bits per heavy atom. The van der Waals surface area contributed by atoms with Gasteiger partial charge in [-0.1, -0.05) is 0 Å². The van der Waals surface area contributed by atoms with Crippen molar-refractivity contribution in [3.8, 4) is 11.5 Å². The molecule has 2 rings (SSSR count). The Morgan fingerprint density at radius 3 is 2.48 bits per heavy atom. The molecule has 1 aliphatic rings. The highest BCUT2D eigenvalue weighted by molar-refractivity contribution is 5.92. The Morgan fingerprint density at radius 2 is 1.93 bits per heavy atom. The third-order valence-electron chi connectivity index (χ3n) is 4.01. The molecule has 0 spiro atoms. The van der Waals surface area contributed by atoms with Crippen molar-refractivity contribution in [1.82, 2.24) is 5.32 Å². The van der Waals surface area contributed by atoms with Gasteiger partial charge >= 0.3 is 6.09 Å². The summed E-state index contributed by atoms with van der Waals surface area (Å²) in [5.41, 5.74) is 6.19. The van der Waals surface area contributed by atoms with Crippen LogP contribution in [0.1, 0.15) is 33.6 Å². The number of nitrogens with one attached hydrogen (secondary N) is 2. The van der Waals surface area contributed by atoms with Crippen LogP contribution in [0, 0.1) is 5.92 Å². The number of carbonyl (C=O) groups is 1. The van der Waals surface area contributed by atoms with E-state index < -0.39 is 11.7 Å². The SMILES string of the molecule is COc1ccc(NC(N)=NCC(NC(=O)OC(C)(C)C)C2CC2)cc1OC. The van der Waals surface area contributed by atoms with Crippen molar-refractivity contribution in [3.63, 3.8) is 0 Å². The van der Waals surface area contributed by atoms with Crippen LogP contribution in [-0.2, 0) is 4.74 Å². The molecule has 150 valence electrons. The van der Waals surface area contributed by atoms with Gasteiger partial charge in [0.15, 0.2) is 17.5 Å². The van der Waals surface area contributed by atoms with E-state index in [9.17, 15) is 4.79 Å². The Bertz CT molecular complexity index is 681. The number of ether oxygens (including phenoxy) is 3. The maximum atomic E-state index is 12.0.